The Bertz CT molecular complexity index is 635. The number of aryl methyl sites for hydroxylation is 2. The maximum atomic E-state index is 12.9. The summed E-state index contributed by atoms with van der Waals surface area (Å²) < 4.78 is 1.42. The minimum Gasteiger partial charge on any atom is -0.353 e. The molecule has 1 aliphatic rings. The second-order valence-electron chi connectivity index (χ2n) is 6.45. The van der Waals surface area contributed by atoms with Gasteiger partial charge in [-0.15, -0.1) is 12.4 Å². The first-order valence-corrected chi connectivity index (χ1v) is 8.25. The van der Waals surface area contributed by atoms with Crippen LogP contribution < -0.4 is 11.1 Å². The van der Waals surface area contributed by atoms with Crippen LogP contribution in [-0.2, 0) is 11.8 Å². The van der Waals surface area contributed by atoms with Crippen molar-refractivity contribution < 1.29 is 9.72 Å². The van der Waals surface area contributed by atoms with Gasteiger partial charge in [-0.25, -0.2) is 4.68 Å². The highest BCUT2D eigenvalue weighted by Gasteiger charge is 2.36. The Morgan fingerprint density at radius 1 is 1.56 bits per heavy atom. The molecule has 9 nitrogen and oxygen atoms in total. The zero-order chi connectivity index (χ0) is 18.0. The fraction of sp³-hybridized carbons (Fsp3) is 0.733. The predicted octanol–water partition coefficient (Wildman–Crippen LogP) is 1.44. The summed E-state index contributed by atoms with van der Waals surface area (Å²) in [4.78, 5) is 25.5. The molecular weight excluding hydrogens is 348 g/mol. The van der Waals surface area contributed by atoms with Gasteiger partial charge in [0.05, 0.1) is 4.92 Å². The summed E-state index contributed by atoms with van der Waals surface area (Å²) in [6.07, 6.45) is 1.42. The van der Waals surface area contributed by atoms with E-state index in [1.54, 1.807) is 14.0 Å². The summed E-state index contributed by atoms with van der Waals surface area (Å²) in [5.41, 5.74) is 5.97. The first-order valence-electron chi connectivity index (χ1n) is 8.25. The van der Waals surface area contributed by atoms with Crippen LogP contribution >= 0.6 is 12.4 Å². The number of hydrogen-bond acceptors (Lipinski definition) is 6. The normalized spacial score (nSPS) is 20.9. The minimum atomic E-state index is -0.530. The predicted molar refractivity (Wildman–Crippen MR) is 97.9 cm³/mol. The Morgan fingerprint density at radius 2 is 2.20 bits per heavy atom. The smallest absolute Gasteiger partial charge is 0.333 e. The lowest BCUT2D eigenvalue weighted by atomic mass is 10.1. The number of carbonyl (C=O) groups excluding carboxylic acids is 1. The molecule has 0 aromatic carbocycles. The van der Waals surface area contributed by atoms with E-state index in [4.69, 9.17) is 5.73 Å². The molecule has 1 aliphatic heterocycles. The summed E-state index contributed by atoms with van der Waals surface area (Å²) >= 11 is 0. The van der Waals surface area contributed by atoms with Gasteiger partial charge in [0.1, 0.15) is 11.7 Å². The first kappa shape index (κ1) is 21.2. The average Bonchev–Trinajstić information content (AvgIpc) is 3.03. The minimum absolute atomic E-state index is 0. The van der Waals surface area contributed by atoms with Gasteiger partial charge in [-0.3, -0.25) is 14.9 Å². The van der Waals surface area contributed by atoms with E-state index in [-0.39, 0.29) is 35.9 Å². The molecule has 10 heteroatoms. The highest BCUT2D eigenvalue weighted by Crippen LogP contribution is 2.29. The number of nitro groups is 1. The standard InChI is InChI=1S/C15H26N6O3.ClH/c1-5-12(15(22)20-8-11(7-16)6-9(20)2)17-14-13(21(23)24)10(3)18-19(14)4;/h9,11-12,17H,5-8,16H2,1-4H3;1H. The van der Waals surface area contributed by atoms with Crippen molar-refractivity contribution in [1.82, 2.24) is 14.7 Å². The highest BCUT2D eigenvalue weighted by molar-refractivity contribution is 5.86. The van der Waals surface area contributed by atoms with E-state index < -0.39 is 11.0 Å². The number of nitrogens with two attached hydrogens (primary N) is 1. The molecule has 3 unspecified atom stereocenters. The van der Waals surface area contributed by atoms with E-state index in [2.05, 4.69) is 10.4 Å². The average molecular weight is 375 g/mol. The third-order valence-electron chi connectivity index (χ3n) is 4.67. The molecule has 1 fully saturated rings. The van der Waals surface area contributed by atoms with Crippen LogP contribution in [0.5, 0.6) is 0 Å². The first-order chi connectivity index (χ1) is 11.3. The molecule has 142 valence electrons. The molecule has 2 heterocycles. The van der Waals surface area contributed by atoms with Crippen molar-refractivity contribution in [3.8, 4) is 0 Å². The SMILES string of the molecule is CCC(Nc1c([N+](=O)[O-])c(C)nn1C)C(=O)N1CC(CN)CC1C.Cl. The van der Waals surface area contributed by atoms with E-state index in [0.717, 1.165) is 6.42 Å². The summed E-state index contributed by atoms with van der Waals surface area (Å²) in [6.45, 7) is 6.68. The lowest BCUT2D eigenvalue weighted by molar-refractivity contribution is -0.384. The zero-order valence-corrected chi connectivity index (χ0v) is 15.9. The largest absolute Gasteiger partial charge is 0.353 e. The van der Waals surface area contributed by atoms with Gasteiger partial charge in [0.15, 0.2) is 0 Å². The molecule has 0 aliphatic carbocycles. The van der Waals surface area contributed by atoms with E-state index >= 15 is 0 Å². The molecule has 0 bridgehead atoms. The molecule has 2 rings (SSSR count). The molecule has 1 amide bonds. The van der Waals surface area contributed by atoms with Crippen molar-refractivity contribution in [3.63, 3.8) is 0 Å². The summed E-state index contributed by atoms with van der Waals surface area (Å²) in [5, 5.41) is 18.4. The number of likely N-dealkylation sites (tertiary alicyclic amines) is 1. The lowest BCUT2D eigenvalue weighted by Crippen LogP contribution is -2.44. The number of nitrogens with one attached hydrogen (secondary N) is 1. The van der Waals surface area contributed by atoms with Gasteiger partial charge in [0.2, 0.25) is 11.7 Å². The van der Waals surface area contributed by atoms with E-state index in [9.17, 15) is 14.9 Å². The van der Waals surface area contributed by atoms with Gasteiger partial charge in [0.25, 0.3) is 0 Å². The Labute approximate surface area is 153 Å². The maximum absolute atomic E-state index is 12.9. The van der Waals surface area contributed by atoms with Crippen molar-refractivity contribution in [3.05, 3.63) is 15.8 Å². The van der Waals surface area contributed by atoms with Gasteiger partial charge in [-0.2, -0.15) is 5.10 Å². The van der Waals surface area contributed by atoms with Gasteiger partial charge >= 0.3 is 5.69 Å². The Hall–Kier alpha value is -1.87. The number of nitrogens with zero attached hydrogens (tertiary/aromatic N) is 4. The van der Waals surface area contributed by atoms with Crippen molar-refractivity contribution in [2.75, 3.05) is 18.4 Å². The van der Waals surface area contributed by atoms with Gasteiger partial charge in [0, 0.05) is 19.6 Å². The number of amides is 1. The monoisotopic (exact) mass is 374 g/mol. The van der Waals surface area contributed by atoms with Gasteiger partial charge in [-0.05, 0) is 39.2 Å². The van der Waals surface area contributed by atoms with Crippen LogP contribution in [0.1, 0.15) is 32.4 Å². The number of hydrogen-bond donors (Lipinski definition) is 2. The maximum Gasteiger partial charge on any atom is 0.333 e. The van der Waals surface area contributed by atoms with Gasteiger partial charge < -0.3 is 16.0 Å². The van der Waals surface area contributed by atoms with Crippen LogP contribution in [-0.4, -0.2) is 50.7 Å². The summed E-state index contributed by atoms with van der Waals surface area (Å²) in [5.74, 6) is 0.531. The number of anilines is 1. The van der Waals surface area contributed by atoms with E-state index in [1.165, 1.54) is 4.68 Å². The van der Waals surface area contributed by atoms with Gasteiger partial charge in [-0.1, -0.05) is 6.92 Å². The molecule has 1 aromatic heterocycles. The Balaban J connectivity index is 0.00000312. The van der Waals surface area contributed by atoms with Crippen LogP contribution in [0.25, 0.3) is 0 Å². The molecule has 3 atom stereocenters. The van der Waals surface area contributed by atoms with E-state index in [1.807, 2.05) is 18.7 Å². The fourth-order valence-electron chi connectivity index (χ4n) is 3.35. The number of aromatic nitrogens is 2. The summed E-state index contributed by atoms with van der Waals surface area (Å²) in [6, 6.07) is -0.400. The molecule has 0 saturated carbocycles. The zero-order valence-electron chi connectivity index (χ0n) is 15.1. The van der Waals surface area contributed by atoms with E-state index in [0.29, 0.717) is 31.1 Å². The highest BCUT2D eigenvalue weighted by atomic mass is 35.5. The second-order valence-corrected chi connectivity index (χ2v) is 6.45. The van der Waals surface area contributed by atoms with Crippen LogP contribution in [0.4, 0.5) is 11.5 Å². The second kappa shape index (κ2) is 8.48. The summed E-state index contributed by atoms with van der Waals surface area (Å²) in [7, 11) is 1.63. The third kappa shape index (κ3) is 4.21. The third-order valence-corrected chi connectivity index (χ3v) is 4.67. The number of rotatable bonds is 6. The van der Waals surface area contributed by atoms with Crippen LogP contribution in [0.2, 0.25) is 0 Å². The lowest BCUT2D eigenvalue weighted by Gasteiger charge is -2.27. The molecule has 1 saturated heterocycles. The fourth-order valence-corrected chi connectivity index (χ4v) is 3.35. The quantitative estimate of drug-likeness (QED) is 0.574. The molecule has 3 N–H and O–H groups in total. The topological polar surface area (TPSA) is 119 Å². The van der Waals surface area contributed by atoms with Crippen molar-refractivity contribution in [2.45, 2.75) is 45.7 Å². The Kier molecular flexibility index (Phi) is 7.18. The van der Waals surface area contributed by atoms with Crippen LogP contribution in [0, 0.1) is 23.0 Å². The Morgan fingerprint density at radius 3 is 2.68 bits per heavy atom. The molecule has 0 radical (unpaired) electrons. The molecule has 1 aromatic rings. The molecule has 0 spiro atoms. The number of halogens is 1. The number of carbonyl (C=O) groups is 1. The van der Waals surface area contributed by atoms with Crippen LogP contribution in [0.15, 0.2) is 0 Å². The molecular formula is C15H27ClN6O3. The van der Waals surface area contributed by atoms with Crippen LogP contribution in [0.3, 0.4) is 0 Å². The van der Waals surface area contributed by atoms with Crippen molar-refractivity contribution >= 4 is 29.8 Å². The van der Waals surface area contributed by atoms with Crippen molar-refractivity contribution in [1.29, 1.82) is 0 Å². The van der Waals surface area contributed by atoms with Crippen molar-refractivity contribution in [2.24, 2.45) is 18.7 Å². The molecule has 25 heavy (non-hydrogen) atoms.